The molecule has 0 saturated heterocycles. The summed E-state index contributed by atoms with van der Waals surface area (Å²) in [5, 5.41) is 0. The van der Waals surface area contributed by atoms with Crippen LogP contribution in [0.15, 0.2) is 0 Å². The monoisotopic (exact) mass is 364 g/mol. The molecule has 12 heteroatoms. The summed E-state index contributed by atoms with van der Waals surface area (Å²) < 4.78 is 112. The van der Waals surface area contributed by atoms with E-state index in [1.807, 2.05) is 0 Å². The van der Waals surface area contributed by atoms with Gasteiger partial charge in [-0.1, -0.05) is 13.3 Å². The molecule has 1 unspecified atom stereocenters. The lowest BCUT2D eigenvalue weighted by molar-refractivity contribution is -0.339. The van der Waals surface area contributed by atoms with Gasteiger partial charge < -0.3 is 0 Å². The molecule has 0 saturated carbocycles. The highest BCUT2D eigenvalue weighted by molar-refractivity contribution is 7.48. The molecule has 0 aliphatic heterocycles. The van der Waals surface area contributed by atoms with E-state index in [9.17, 15) is 35.3 Å². The Kier molecular flexibility index (Phi) is 7.80. The molecule has 4 nitrogen and oxygen atoms in total. The first kappa shape index (κ1) is 21.6. The van der Waals surface area contributed by atoms with Crippen molar-refractivity contribution in [2.75, 3.05) is 13.2 Å². The Morgan fingerprint density at radius 3 is 1.91 bits per heavy atom. The summed E-state index contributed by atoms with van der Waals surface area (Å²) in [6.07, 6.45) is -13.7. The summed E-state index contributed by atoms with van der Waals surface area (Å²) in [7, 11) is -5.13. The summed E-state index contributed by atoms with van der Waals surface area (Å²) in [5.41, 5.74) is 0. The van der Waals surface area contributed by atoms with Crippen LogP contribution in [-0.4, -0.2) is 31.4 Å². The molecular formula is C10H16F7O4P. The second-order valence-electron chi connectivity index (χ2n) is 4.16. The maximum atomic E-state index is 13.3. The average molecular weight is 364 g/mol. The molecule has 0 aliphatic carbocycles. The van der Waals surface area contributed by atoms with E-state index < -0.39 is 45.7 Å². The topological polar surface area (TPSA) is 44.8 Å². The largest absolute Gasteiger partial charge is 0.479 e. The Morgan fingerprint density at radius 1 is 0.955 bits per heavy atom. The fourth-order valence-electron chi connectivity index (χ4n) is 1.13. The van der Waals surface area contributed by atoms with Crippen LogP contribution in [0.1, 0.15) is 33.1 Å². The molecular weight excluding hydrogens is 348 g/mol. The molecule has 134 valence electrons. The summed E-state index contributed by atoms with van der Waals surface area (Å²) >= 11 is 0. The molecule has 0 aliphatic rings. The third kappa shape index (κ3) is 7.26. The maximum Gasteiger partial charge on any atom is 0.479 e. The number of hydrogen-bond acceptors (Lipinski definition) is 4. The second-order valence-corrected chi connectivity index (χ2v) is 5.75. The van der Waals surface area contributed by atoms with Gasteiger partial charge in [0.2, 0.25) is 0 Å². The molecule has 0 heterocycles. The van der Waals surface area contributed by atoms with Crippen molar-refractivity contribution in [3.63, 3.8) is 0 Å². The normalized spacial score (nSPS) is 16.6. The molecule has 0 spiro atoms. The van der Waals surface area contributed by atoms with Crippen molar-refractivity contribution in [2.45, 2.75) is 51.3 Å². The Bertz CT molecular complexity index is 386. The Balaban J connectivity index is 5.11. The van der Waals surface area contributed by atoms with Crippen molar-refractivity contribution in [1.82, 2.24) is 0 Å². The second kappa shape index (κ2) is 7.94. The van der Waals surface area contributed by atoms with Crippen molar-refractivity contribution in [2.24, 2.45) is 0 Å². The molecule has 22 heavy (non-hydrogen) atoms. The SMILES string of the molecule is CCCCOP(=O)(OCC)OC(F)(F)C(F)(F)CC(F)(F)F. The van der Waals surface area contributed by atoms with E-state index >= 15 is 0 Å². The van der Waals surface area contributed by atoms with Gasteiger partial charge in [-0.05, 0) is 13.3 Å². The van der Waals surface area contributed by atoms with Gasteiger partial charge in [-0.25, -0.2) is 9.09 Å². The molecule has 0 amide bonds. The molecule has 1 atom stereocenters. The van der Waals surface area contributed by atoms with Gasteiger partial charge in [0.25, 0.3) is 0 Å². The molecule has 0 N–H and O–H groups in total. The molecule has 0 aromatic rings. The van der Waals surface area contributed by atoms with Crippen molar-refractivity contribution in [3.8, 4) is 0 Å². The Morgan fingerprint density at radius 2 is 1.50 bits per heavy atom. The third-order valence-corrected chi connectivity index (χ3v) is 3.64. The highest BCUT2D eigenvalue weighted by atomic mass is 31.2. The van der Waals surface area contributed by atoms with Gasteiger partial charge >= 0.3 is 26.0 Å². The first-order chi connectivity index (χ1) is 9.79. The lowest BCUT2D eigenvalue weighted by Gasteiger charge is -2.29. The summed E-state index contributed by atoms with van der Waals surface area (Å²) in [5.74, 6) is -5.63. The van der Waals surface area contributed by atoms with Gasteiger partial charge in [0.05, 0.1) is 13.2 Å². The van der Waals surface area contributed by atoms with E-state index in [-0.39, 0.29) is 6.42 Å². The van der Waals surface area contributed by atoms with Crippen LogP contribution < -0.4 is 0 Å². The van der Waals surface area contributed by atoms with Crippen molar-refractivity contribution in [1.29, 1.82) is 0 Å². The maximum absolute atomic E-state index is 13.3. The van der Waals surface area contributed by atoms with Gasteiger partial charge in [0.1, 0.15) is 6.42 Å². The molecule has 0 radical (unpaired) electrons. The summed E-state index contributed by atoms with van der Waals surface area (Å²) in [6.45, 7) is 1.95. The predicted octanol–water partition coefficient (Wildman–Crippen LogP) is 5.14. The summed E-state index contributed by atoms with van der Waals surface area (Å²) in [4.78, 5) is 0. The minimum atomic E-state index is -5.68. The molecule has 0 fully saturated rings. The predicted molar refractivity (Wildman–Crippen MR) is 61.7 cm³/mol. The van der Waals surface area contributed by atoms with Crippen molar-refractivity contribution < 1.29 is 48.9 Å². The fourth-order valence-corrected chi connectivity index (χ4v) is 2.39. The molecule has 0 aromatic heterocycles. The smallest absolute Gasteiger partial charge is 0.287 e. The third-order valence-electron chi connectivity index (χ3n) is 2.11. The molecule has 0 rings (SSSR count). The summed E-state index contributed by atoms with van der Waals surface area (Å²) in [6, 6.07) is 0. The molecule has 0 aromatic carbocycles. The van der Waals surface area contributed by atoms with Crippen LogP contribution in [0.2, 0.25) is 0 Å². The van der Waals surface area contributed by atoms with Crippen LogP contribution in [-0.2, 0) is 18.1 Å². The van der Waals surface area contributed by atoms with Crippen molar-refractivity contribution in [3.05, 3.63) is 0 Å². The van der Waals surface area contributed by atoms with E-state index in [2.05, 4.69) is 13.6 Å². The van der Waals surface area contributed by atoms with Crippen LogP contribution in [0.4, 0.5) is 30.7 Å². The van der Waals surface area contributed by atoms with Crippen LogP contribution >= 0.6 is 7.82 Å². The van der Waals surface area contributed by atoms with Crippen LogP contribution in [0.3, 0.4) is 0 Å². The highest BCUT2D eigenvalue weighted by Gasteiger charge is 2.65. The Labute approximate surface area is 122 Å². The standard InChI is InChI=1S/C10H16F7O4P/c1-3-5-6-20-22(18,19-4-2)21-10(16,17)8(11,12)7-9(13,14)15/h3-7H2,1-2H3. The lowest BCUT2D eigenvalue weighted by atomic mass is 10.2. The number of unbranched alkanes of at least 4 members (excludes halogenated alkanes) is 1. The number of halogens is 7. The number of phosphoric acid groups is 1. The molecule has 0 bridgehead atoms. The quantitative estimate of drug-likeness (QED) is 0.306. The van der Waals surface area contributed by atoms with E-state index in [1.165, 1.54) is 6.92 Å². The number of alkyl halides is 7. The van der Waals surface area contributed by atoms with Gasteiger partial charge in [-0.2, -0.15) is 30.7 Å². The minimum Gasteiger partial charge on any atom is -0.287 e. The lowest BCUT2D eigenvalue weighted by Crippen LogP contribution is -2.45. The average Bonchev–Trinajstić information content (AvgIpc) is 2.24. The van der Waals surface area contributed by atoms with Gasteiger partial charge in [0.15, 0.2) is 0 Å². The van der Waals surface area contributed by atoms with Gasteiger partial charge in [0, 0.05) is 0 Å². The van der Waals surface area contributed by atoms with E-state index in [0.717, 1.165) is 0 Å². The van der Waals surface area contributed by atoms with Gasteiger partial charge in [-0.3, -0.25) is 9.05 Å². The number of rotatable bonds is 10. The first-order valence-corrected chi connectivity index (χ1v) is 7.67. The van der Waals surface area contributed by atoms with Crippen LogP contribution in [0, 0.1) is 0 Å². The van der Waals surface area contributed by atoms with Gasteiger partial charge in [-0.15, -0.1) is 0 Å². The first-order valence-electron chi connectivity index (χ1n) is 6.21. The zero-order valence-electron chi connectivity index (χ0n) is 11.8. The zero-order chi connectivity index (χ0) is 17.7. The van der Waals surface area contributed by atoms with E-state index in [1.54, 1.807) is 6.92 Å². The highest BCUT2D eigenvalue weighted by Crippen LogP contribution is 2.57. The van der Waals surface area contributed by atoms with Crippen molar-refractivity contribution >= 4 is 7.82 Å². The Hall–Kier alpha value is -0.380. The van der Waals surface area contributed by atoms with E-state index in [0.29, 0.717) is 6.42 Å². The number of phosphoric ester groups is 1. The number of hydrogen-bond donors (Lipinski definition) is 0. The van der Waals surface area contributed by atoms with Crippen LogP contribution in [0.25, 0.3) is 0 Å². The minimum absolute atomic E-state index is 0.227. The van der Waals surface area contributed by atoms with Crippen LogP contribution in [0.5, 0.6) is 0 Å². The zero-order valence-corrected chi connectivity index (χ0v) is 12.7. The van der Waals surface area contributed by atoms with E-state index in [4.69, 9.17) is 0 Å². The fraction of sp³-hybridized carbons (Fsp3) is 1.00.